The van der Waals surface area contributed by atoms with E-state index in [2.05, 4.69) is 15.0 Å². The molecule has 0 saturated heterocycles. The SMILES string of the molecule is Cc1ccnc(C(C)C)c1Cn1c(=O)nc(NS(=O)(=O)c2c(F)c(F)c(F)c(F)c2F)c2cc(F)c(Cl)nc21. The Kier molecular flexibility index (Phi) is 7.33. The first-order chi connectivity index (χ1) is 18.2. The van der Waals surface area contributed by atoms with Gasteiger partial charge >= 0.3 is 5.69 Å². The van der Waals surface area contributed by atoms with Gasteiger partial charge in [0.05, 0.1) is 11.9 Å². The van der Waals surface area contributed by atoms with Crippen molar-refractivity contribution < 1.29 is 34.8 Å². The normalized spacial score (nSPS) is 12.0. The lowest BCUT2D eigenvalue weighted by molar-refractivity contribution is 0.358. The van der Waals surface area contributed by atoms with Crippen molar-refractivity contribution in [2.45, 2.75) is 38.1 Å². The summed E-state index contributed by atoms with van der Waals surface area (Å²) in [7, 11) is -5.61. The predicted octanol–water partition coefficient (Wildman–Crippen LogP) is 4.96. The van der Waals surface area contributed by atoms with Crippen LogP contribution in [-0.4, -0.2) is 27.9 Å². The second-order valence-electron chi connectivity index (χ2n) is 8.61. The smallest absolute Gasteiger partial charge is 0.271 e. The molecule has 4 aromatic rings. The van der Waals surface area contributed by atoms with Gasteiger partial charge in [-0.3, -0.25) is 14.3 Å². The van der Waals surface area contributed by atoms with Gasteiger partial charge in [-0.05, 0) is 36.1 Å². The van der Waals surface area contributed by atoms with Crippen LogP contribution >= 0.6 is 11.6 Å². The first-order valence-corrected chi connectivity index (χ1v) is 12.8. The molecule has 0 aliphatic carbocycles. The lowest BCUT2D eigenvalue weighted by atomic mass is 10.00. The second-order valence-corrected chi connectivity index (χ2v) is 10.6. The standard InChI is InChI=1S/C23H16ClF6N5O3S/c1-8(2)18-11(9(3)4-5-31-18)7-35-22-10(6-12(25)20(24)32-22)21(33-23(35)36)34-39(37,38)19-16(29)14(27)13(26)15(28)17(19)30/h4-6,8H,7H2,1-3H3,(H,33,34,36). The fourth-order valence-corrected chi connectivity index (χ4v) is 5.13. The molecule has 0 aliphatic rings. The second kappa shape index (κ2) is 10.1. The van der Waals surface area contributed by atoms with Crippen LogP contribution in [-0.2, 0) is 16.6 Å². The summed E-state index contributed by atoms with van der Waals surface area (Å²) in [6.45, 7) is 5.24. The van der Waals surface area contributed by atoms with Crippen LogP contribution in [0.25, 0.3) is 11.0 Å². The summed E-state index contributed by atoms with van der Waals surface area (Å²) in [5.41, 5.74) is 0.354. The minimum absolute atomic E-state index is 0.0869. The van der Waals surface area contributed by atoms with Gasteiger partial charge in [0, 0.05) is 11.9 Å². The molecule has 1 aromatic carbocycles. The molecule has 0 unspecified atom stereocenters. The van der Waals surface area contributed by atoms with Crippen molar-refractivity contribution in [3.63, 3.8) is 0 Å². The molecule has 1 N–H and O–H groups in total. The van der Waals surface area contributed by atoms with Gasteiger partial charge in [0.25, 0.3) is 10.0 Å². The van der Waals surface area contributed by atoms with Crippen LogP contribution in [0.4, 0.5) is 32.2 Å². The zero-order valence-corrected chi connectivity index (χ0v) is 21.7. The van der Waals surface area contributed by atoms with Gasteiger partial charge in [-0.15, -0.1) is 0 Å². The zero-order chi connectivity index (χ0) is 29.0. The van der Waals surface area contributed by atoms with Crippen molar-refractivity contribution in [2.75, 3.05) is 4.72 Å². The molecule has 8 nitrogen and oxygen atoms in total. The molecule has 0 amide bonds. The largest absolute Gasteiger partial charge is 0.351 e. The number of hydrogen-bond donors (Lipinski definition) is 1. The van der Waals surface area contributed by atoms with Crippen LogP contribution in [0.3, 0.4) is 0 Å². The topological polar surface area (TPSA) is 107 Å². The van der Waals surface area contributed by atoms with E-state index in [9.17, 15) is 39.6 Å². The highest BCUT2D eigenvalue weighted by molar-refractivity contribution is 7.92. The Morgan fingerprint density at radius 1 is 1.00 bits per heavy atom. The van der Waals surface area contributed by atoms with E-state index in [1.165, 1.54) is 4.72 Å². The third-order valence-electron chi connectivity index (χ3n) is 5.72. The molecule has 16 heteroatoms. The van der Waals surface area contributed by atoms with Gasteiger partial charge in [-0.2, -0.15) is 4.98 Å². The number of aryl methyl sites for hydroxylation is 1. The van der Waals surface area contributed by atoms with E-state index >= 15 is 0 Å². The Morgan fingerprint density at radius 2 is 1.59 bits per heavy atom. The average Bonchev–Trinajstić information content (AvgIpc) is 2.85. The van der Waals surface area contributed by atoms with Gasteiger partial charge in [0.2, 0.25) is 5.82 Å². The van der Waals surface area contributed by atoms with Crippen molar-refractivity contribution in [1.82, 2.24) is 19.5 Å². The number of hydrogen-bond acceptors (Lipinski definition) is 6. The number of sulfonamides is 1. The van der Waals surface area contributed by atoms with Crippen LogP contribution in [0.1, 0.15) is 36.6 Å². The Morgan fingerprint density at radius 3 is 2.18 bits per heavy atom. The fourth-order valence-electron chi connectivity index (χ4n) is 3.83. The maximum atomic E-state index is 14.4. The van der Waals surface area contributed by atoms with E-state index in [-0.39, 0.29) is 12.5 Å². The summed E-state index contributed by atoms with van der Waals surface area (Å²) < 4.78 is 112. The Hall–Kier alpha value is -3.72. The predicted molar refractivity (Wildman–Crippen MR) is 128 cm³/mol. The highest BCUT2D eigenvalue weighted by Gasteiger charge is 2.34. The van der Waals surface area contributed by atoms with Crippen LogP contribution in [0.5, 0.6) is 0 Å². The van der Waals surface area contributed by atoms with Crippen LogP contribution in [0.2, 0.25) is 5.15 Å². The number of nitrogens with one attached hydrogen (secondary N) is 1. The summed E-state index contributed by atoms with van der Waals surface area (Å²) in [5.74, 6) is -15.2. The van der Waals surface area contributed by atoms with E-state index in [0.29, 0.717) is 17.3 Å². The number of nitrogens with zero attached hydrogens (tertiary/aromatic N) is 4. The van der Waals surface area contributed by atoms with Gasteiger partial charge in [0.15, 0.2) is 45.0 Å². The quantitative estimate of drug-likeness (QED) is 0.147. The summed E-state index contributed by atoms with van der Waals surface area (Å²) in [4.78, 5) is 22.5. The van der Waals surface area contributed by atoms with E-state index in [4.69, 9.17) is 11.6 Å². The Labute approximate surface area is 221 Å². The minimum atomic E-state index is -5.61. The molecule has 0 bridgehead atoms. The molecule has 0 radical (unpaired) electrons. The highest BCUT2D eigenvalue weighted by atomic mass is 35.5. The Bertz CT molecular complexity index is 1800. The van der Waals surface area contributed by atoms with Crippen molar-refractivity contribution in [3.05, 3.63) is 85.7 Å². The molecule has 0 atom stereocenters. The molecule has 0 saturated carbocycles. The van der Waals surface area contributed by atoms with Crippen molar-refractivity contribution in [1.29, 1.82) is 0 Å². The highest BCUT2D eigenvalue weighted by Crippen LogP contribution is 2.31. The lowest BCUT2D eigenvalue weighted by Crippen LogP contribution is -2.28. The van der Waals surface area contributed by atoms with E-state index in [1.807, 2.05) is 13.8 Å². The molecule has 206 valence electrons. The molecular formula is C23H16ClF6N5O3S. The van der Waals surface area contributed by atoms with Crippen LogP contribution in [0, 0.1) is 41.8 Å². The number of fused-ring (bicyclic) bond motifs is 1. The van der Waals surface area contributed by atoms with Gasteiger partial charge in [-0.25, -0.2) is 44.5 Å². The minimum Gasteiger partial charge on any atom is -0.271 e. The molecular weight excluding hydrogens is 576 g/mol. The third-order valence-corrected chi connectivity index (χ3v) is 7.34. The lowest BCUT2D eigenvalue weighted by Gasteiger charge is -2.18. The van der Waals surface area contributed by atoms with Gasteiger partial charge in [0.1, 0.15) is 5.65 Å². The van der Waals surface area contributed by atoms with Crippen molar-refractivity contribution in [3.8, 4) is 0 Å². The molecule has 0 fully saturated rings. The third kappa shape index (κ3) is 4.91. The molecule has 0 spiro atoms. The van der Waals surface area contributed by atoms with Crippen LogP contribution in [0.15, 0.2) is 28.0 Å². The number of benzene rings is 1. The monoisotopic (exact) mass is 591 g/mol. The van der Waals surface area contributed by atoms with E-state index < -0.39 is 77.5 Å². The summed E-state index contributed by atoms with van der Waals surface area (Å²) in [6, 6.07) is 2.32. The molecule has 4 rings (SSSR count). The Balaban J connectivity index is 1.95. The number of halogens is 7. The van der Waals surface area contributed by atoms with Gasteiger partial charge < -0.3 is 0 Å². The molecule has 3 aromatic heterocycles. The van der Waals surface area contributed by atoms with Gasteiger partial charge in [-0.1, -0.05) is 25.4 Å². The number of anilines is 1. The maximum Gasteiger partial charge on any atom is 0.351 e. The summed E-state index contributed by atoms with van der Waals surface area (Å²) in [6.07, 6.45) is 1.56. The summed E-state index contributed by atoms with van der Waals surface area (Å²) in [5, 5.41) is -1.21. The number of rotatable bonds is 6. The average molecular weight is 592 g/mol. The number of pyridine rings is 2. The van der Waals surface area contributed by atoms with E-state index in [0.717, 1.165) is 10.1 Å². The van der Waals surface area contributed by atoms with Crippen molar-refractivity contribution >= 4 is 38.5 Å². The summed E-state index contributed by atoms with van der Waals surface area (Å²) >= 11 is 5.81. The molecule has 39 heavy (non-hydrogen) atoms. The molecule has 0 aliphatic heterocycles. The van der Waals surface area contributed by atoms with Crippen molar-refractivity contribution in [2.24, 2.45) is 0 Å². The maximum absolute atomic E-state index is 14.4. The first-order valence-electron chi connectivity index (χ1n) is 10.9. The van der Waals surface area contributed by atoms with E-state index in [1.54, 1.807) is 19.2 Å². The zero-order valence-electron chi connectivity index (χ0n) is 20.1. The van der Waals surface area contributed by atoms with Crippen LogP contribution < -0.4 is 10.4 Å². The number of aromatic nitrogens is 4. The molecule has 3 heterocycles. The first kappa shape index (κ1) is 28.3. The fraction of sp³-hybridized carbons (Fsp3) is 0.217.